The van der Waals surface area contributed by atoms with Crippen LogP contribution in [0.3, 0.4) is 0 Å². The largest absolute Gasteiger partial charge is 0.471 e. The second-order valence-electron chi connectivity index (χ2n) is 3.99. The minimum absolute atomic E-state index is 0.0672. The Hall–Kier alpha value is -1.67. The number of hydrogen-bond acceptors (Lipinski definition) is 5. The Bertz CT molecular complexity index is 401. The van der Waals surface area contributed by atoms with Crippen LogP contribution in [0, 0.1) is 17.2 Å². The fourth-order valence-corrected chi connectivity index (χ4v) is 1.75. The lowest BCUT2D eigenvalue weighted by Crippen LogP contribution is -2.43. The van der Waals surface area contributed by atoms with Crippen LogP contribution >= 0.6 is 0 Å². The number of nitriles is 1. The maximum atomic E-state index is 8.90. The van der Waals surface area contributed by atoms with Gasteiger partial charge in [-0.15, -0.1) is 5.10 Å². The lowest BCUT2D eigenvalue weighted by Gasteiger charge is -2.29. The van der Waals surface area contributed by atoms with Gasteiger partial charge in [-0.1, -0.05) is 6.92 Å². The normalized spacial score (nSPS) is 24.8. The van der Waals surface area contributed by atoms with Gasteiger partial charge in [0.2, 0.25) is 0 Å². The second-order valence-corrected chi connectivity index (χ2v) is 3.99. The van der Waals surface area contributed by atoms with Crippen molar-refractivity contribution in [2.75, 3.05) is 13.1 Å². The summed E-state index contributed by atoms with van der Waals surface area (Å²) in [5, 5.41) is 19.8. The summed E-state index contributed by atoms with van der Waals surface area (Å²) < 4.78 is 5.73. The molecule has 1 saturated heterocycles. The monoisotopic (exact) mass is 218 g/mol. The lowest BCUT2D eigenvalue weighted by molar-refractivity contribution is 0.108. The Morgan fingerprint density at radius 3 is 3.25 bits per heavy atom. The van der Waals surface area contributed by atoms with Crippen LogP contribution in [-0.4, -0.2) is 29.4 Å². The van der Waals surface area contributed by atoms with Gasteiger partial charge in [-0.3, -0.25) is 0 Å². The van der Waals surface area contributed by atoms with E-state index in [9.17, 15) is 0 Å². The van der Waals surface area contributed by atoms with Crippen LogP contribution in [0.5, 0.6) is 5.88 Å². The van der Waals surface area contributed by atoms with Gasteiger partial charge in [-0.25, -0.2) is 0 Å². The van der Waals surface area contributed by atoms with E-state index in [-0.39, 0.29) is 6.10 Å². The molecule has 0 spiro atoms. The van der Waals surface area contributed by atoms with Crippen LogP contribution in [-0.2, 0) is 0 Å². The summed E-state index contributed by atoms with van der Waals surface area (Å²) in [6.07, 6.45) is 2.64. The summed E-state index contributed by atoms with van der Waals surface area (Å²) in [6.45, 7) is 3.96. The summed E-state index contributed by atoms with van der Waals surface area (Å²) in [5.41, 5.74) is 0.438. The highest BCUT2D eigenvalue weighted by molar-refractivity contribution is 5.35. The van der Waals surface area contributed by atoms with Crippen molar-refractivity contribution in [3.63, 3.8) is 0 Å². The van der Waals surface area contributed by atoms with Crippen molar-refractivity contribution in [3.05, 3.63) is 17.8 Å². The molecule has 2 rings (SSSR count). The highest BCUT2D eigenvalue weighted by Gasteiger charge is 2.24. The number of nitrogens with one attached hydrogen (secondary N) is 1. The van der Waals surface area contributed by atoms with Crippen molar-refractivity contribution >= 4 is 0 Å². The predicted octanol–water partition coefficient (Wildman–Crippen LogP) is 0.725. The Balaban J connectivity index is 2.11. The molecule has 16 heavy (non-hydrogen) atoms. The molecule has 5 heteroatoms. The van der Waals surface area contributed by atoms with Crippen molar-refractivity contribution in [1.29, 1.82) is 5.26 Å². The van der Waals surface area contributed by atoms with E-state index in [0.717, 1.165) is 19.5 Å². The van der Waals surface area contributed by atoms with Crippen molar-refractivity contribution in [2.45, 2.75) is 19.4 Å². The fourth-order valence-electron chi connectivity index (χ4n) is 1.75. The van der Waals surface area contributed by atoms with E-state index in [1.165, 1.54) is 6.20 Å². The van der Waals surface area contributed by atoms with E-state index in [0.29, 0.717) is 17.4 Å². The Morgan fingerprint density at radius 2 is 2.50 bits per heavy atom. The molecule has 0 saturated carbocycles. The summed E-state index contributed by atoms with van der Waals surface area (Å²) >= 11 is 0. The summed E-state index contributed by atoms with van der Waals surface area (Å²) in [6, 6.07) is 3.67. The Morgan fingerprint density at radius 1 is 1.62 bits per heavy atom. The molecule has 1 aliphatic rings. The SMILES string of the molecule is CC1CCNCC1Oc1nnccc1C#N. The minimum atomic E-state index is 0.0672. The molecule has 0 amide bonds. The Labute approximate surface area is 94.4 Å². The molecule has 0 bridgehead atoms. The van der Waals surface area contributed by atoms with Gasteiger partial charge in [-0.2, -0.15) is 10.4 Å². The van der Waals surface area contributed by atoms with E-state index in [4.69, 9.17) is 10.00 Å². The first-order valence-electron chi connectivity index (χ1n) is 5.40. The van der Waals surface area contributed by atoms with E-state index in [1.807, 2.05) is 0 Å². The third kappa shape index (κ3) is 2.28. The Kier molecular flexibility index (Phi) is 3.32. The standard InChI is InChI=1S/C11H14N4O/c1-8-2-4-13-7-10(8)16-11-9(6-12)3-5-14-15-11/h3,5,8,10,13H,2,4,7H2,1H3. The highest BCUT2D eigenvalue weighted by atomic mass is 16.5. The molecule has 2 heterocycles. The van der Waals surface area contributed by atoms with E-state index in [2.05, 4.69) is 28.5 Å². The average Bonchev–Trinajstić information content (AvgIpc) is 2.33. The molecule has 84 valence electrons. The predicted molar refractivity (Wildman–Crippen MR) is 57.8 cm³/mol. The molecule has 0 radical (unpaired) electrons. The van der Waals surface area contributed by atoms with Gasteiger partial charge in [0.1, 0.15) is 17.7 Å². The topological polar surface area (TPSA) is 70.8 Å². The van der Waals surface area contributed by atoms with E-state index < -0.39 is 0 Å². The van der Waals surface area contributed by atoms with Crippen molar-refractivity contribution in [3.8, 4) is 11.9 Å². The van der Waals surface area contributed by atoms with Crippen molar-refractivity contribution < 1.29 is 4.74 Å². The first-order chi connectivity index (χ1) is 7.81. The molecule has 5 nitrogen and oxygen atoms in total. The lowest BCUT2D eigenvalue weighted by atomic mass is 9.97. The summed E-state index contributed by atoms with van der Waals surface area (Å²) in [4.78, 5) is 0. The third-order valence-electron chi connectivity index (χ3n) is 2.83. The van der Waals surface area contributed by atoms with Gasteiger partial charge < -0.3 is 10.1 Å². The highest BCUT2D eigenvalue weighted by Crippen LogP contribution is 2.19. The third-order valence-corrected chi connectivity index (χ3v) is 2.83. The zero-order valence-electron chi connectivity index (χ0n) is 9.18. The second kappa shape index (κ2) is 4.90. The first-order valence-corrected chi connectivity index (χ1v) is 5.40. The minimum Gasteiger partial charge on any atom is -0.471 e. The zero-order valence-corrected chi connectivity index (χ0v) is 9.18. The average molecular weight is 218 g/mol. The molecule has 1 aromatic heterocycles. The number of hydrogen-bond donors (Lipinski definition) is 1. The van der Waals surface area contributed by atoms with Crippen LogP contribution < -0.4 is 10.1 Å². The van der Waals surface area contributed by atoms with Gasteiger partial charge in [0, 0.05) is 6.54 Å². The molecule has 1 aromatic rings. The molecule has 2 atom stereocenters. The van der Waals surface area contributed by atoms with Crippen LogP contribution in [0.1, 0.15) is 18.9 Å². The van der Waals surface area contributed by atoms with Crippen molar-refractivity contribution in [1.82, 2.24) is 15.5 Å². The molecule has 0 aromatic carbocycles. The van der Waals surface area contributed by atoms with Gasteiger partial charge in [0.25, 0.3) is 5.88 Å². The van der Waals surface area contributed by atoms with Crippen LogP contribution in [0.4, 0.5) is 0 Å². The molecule has 1 aliphatic heterocycles. The number of rotatable bonds is 2. The van der Waals surface area contributed by atoms with Gasteiger partial charge in [0.05, 0.1) is 6.20 Å². The van der Waals surface area contributed by atoms with Gasteiger partial charge in [0.15, 0.2) is 0 Å². The molecule has 2 unspecified atom stereocenters. The van der Waals surface area contributed by atoms with Crippen LogP contribution in [0.15, 0.2) is 12.3 Å². The smallest absolute Gasteiger partial charge is 0.251 e. The van der Waals surface area contributed by atoms with Crippen LogP contribution in [0.25, 0.3) is 0 Å². The maximum absolute atomic E-state index is 8.90. The molecule has 1 N–H and O–H groups in total. The number of piperidine rings is 1. The van der Waals surface area contributed by atoms with Gasteiger partial charge in [-0.05, 0) is 24.9 Å². The number of nitrogens with zero attached hydrogens (tertiary/aromatic N) is 3. The zero-order chi connectivity index (χ0) is 11.4. The van der Waals surface area contributed by atoms with E-state index >= 15 is 0 Å². The molecular weight excluding hydrogens is 204 g/mol. The van der Waals surface area contributed by atoms with E-state index in [1.54, 1.807) is 6.07 Å². The fraction of sp³-hybridized carbons (Fsp3) is 0.545. The summed E-state index contributed by atoms with van der Waals surface area (Å²) in [7, 11) is 0. The van der Waals surface area contributed by atoms with Crippen molar-refractivity contribution in [2.24, 2.45) is 5.92 Å². The molecular formula is C11H14N4O. The number of ether oxygens (including phenoxy) is 1. The quantitative estimate of drug-likeness (QED) is 0.792. The first kappa shape index (κ1) is 10.8. The molecule has 1 fully saturated rings. The maximum Gasteiger partial charge on any atom is 0.251 e. The van der Waals surface area contributed by atoms with Gasteiger partial charge >= 0.3 is 0 Å². The summed E-state index contributed by atoms with van der Waals surface area (Å²) in [5.74, 6) is 0.806. The van der Waals surface area contributed by atoms with Crippen LogP contribution in [0.2, 0.25) is 0 Å². The number of aromatic nitrogens is 2. The molecule has 0 aliphatic carbocycles.